The van der Waals surface area contributed by atoms with Crippen LogP contribution in [0.5, 0.6) is 5.75 Å². The summed E-state index contributed by atoms with van der Waals surface area (Å²) in [6.07, 6.45) is 3.16. The number of thiazole rings is 1. The number of hydrogen-bond acceptors (Lipinski definition) is 5. The fourth-order valence-electron chi connectivity index (χ4n) is 4.05. The molecule has 2 aliphatic heterocycles. The molecule has 1 unspecified atom stereocenters. The second-order valence-electron chi connectivity index (χ2n) is 7.48. The van der Waals surface area contributed by atoms with Crippen molar-refractivity contribution in [3.63, 3.8) is 0 Å². The molecular formula is C22H23N3O2S. The van der Waals surface area contributed by atoms with Crippen LogP contribution in [0.25, 0.3) is 10.2 Å². The van der Waals surface area contributed by atoms with Crippen LogP contribution in [-0.2, 0) is 0 Å². The molecule has 6 heteroatoms. The SMILES string of the molecule is O=C(N[C@H]1CCOc2ccccc21)c1ccc2nc(C3CCCNC3)sc2c1. The third kappa shape index (κ3) is 3.38. The third-order valence-corrected chi connectivity index (χ3v) is 6.76. The predicted molar refractivity (Wildman–Crippen MR) is 111 cm³/mol. The maximum Gasteiger partial charge on any atom is 0.251 e. The molecule has 0 bridgehead atoms. The van der Waals surface area contributed by atoms with Gasteiger partial charge in [-0.25, -0.2) is 4.98 Å². The first-order chi connectivity index (χ1) is 13.8. The number of para-hydroxylation sites is 1. The van der Waals surface area contributed by atoms with Crippen molar-refractivity contribution >= 4 is 27.5 Å². The van der Waals surface area contributed by atoms with Crippen molar-refractivity contribution in [2.75, 3.05) is 19.7 Å². The van der Waals surface area contributed by atoms with Crippen LogP contribution in [0.4, 0.5) is 0 Å². The van der Waals surface area contributed by atoms with Crippen molar-refractivity contribution in [3.8, 4) is 5.75 Å². The van der Waals surface area contributed by atoms with Crippen LogP contribution in [0.3, 0.4) is 0 Å². The number of benzene rings is 2. The molecule has 0 radical (unpaired) electrons. The normalized spacial score (nSPS) is 21.7. The standard InChI is InChI=1S/C22H23N3O2S/c26-21(24-17-9-11-27-19-6-2-1-5-16(17)19)14-7-8-18-20(12-14)28-22(25-18)15-4-3-10-23-13-15/h1-2,5-8,12,15,17,23H,3-4,9-11,13H2,(H,24,26)/t15?,17-/m0/s1. The summed E-state index contributed by atoms with van der Waals surface area (Å²) in [5.74, 6) is 1.31. The van der Waals surface area contributed by atoms with Crippen molar-refractivity contribution in [1.82, 2.24) is 15.6 Å². The van der Waals surface area contributed by atoms with E-state index in [4.69, 9.17) is 9.72 Å². The molecular weight excluding hydrogens is 370 g/mol. The predicted octanol–water partition coefficient (Wildman–Crippen LogP) is 4.02. The van der Waals surface area contributed by atoms with Crippen molar-refractivity contribution in [1.29, 1.82) is 0 Å². The van der Waals surface area contributed by atoms with Gasteiger partial charge in [0.25, 0.3) is 5.91 Å². The molecule has 1 aromatic heterocycles. The monoisotopic (exact) mass is 393 g/mol. The molecule has 3 heterocycles. The lowest BCUT2D eigenvalue weighted by Gasteiger charge is -2.26. The Labute approximate surface area is 168 Å². The van der Waals surface area contributed by atoms with Gasteiger partial charge < -0.3 is 15.4 Å². The zero-order valence-electron chi connectivity index (χ0n) is 15.6. The van der Waals surface area contributed by atoms with E-state index in [1.165, 1.54) is 17.8 Å². The van der Waals surface area contributed by atoms with Crippen LogP contribution in [-0.4, -0.2) is 30.6 Å². The lowest BCUT2D eigenvalue weighted by Crippen LogP contribution is -2.32. The summed E-state index contributed by atoms with van der Waals surface area (Å²) < 4.78 is 6.78. The van der Waals surface area contributed by atoms with E-state index < -0.39 is 0 Å². The molecule has 0 spiro atoms. The molecule has 3 aromatic rings. The van der Waals surface area contributed by atoms with Crippen LogP contribution in [0.15, 0.2) is 42.5 Å². The van der Waals surface area contributed by atoms with E-state index in [1.54, 1.807) is 11.3 Å². The lowest BCUT2D eigenvalue weighted by molar-refractivity contribution is 0.0925. The maximum absolute atomic E-state index is 12.9. The number of piperidine rings is 1. The average molecular weight is 394 g/mol. The van der Waals surface area contributed by atoms with E-state index >= 15 is 0 Å². The minimum atomic E-state index is -0.0436. The minimum Gasteiger partial charge on any atom is -0.493 e. The number of fused-ring (bicyclic) bond motifs is 2. The van der Waals surface area contributed by atoms with Crippen LogP contribution in [0, 0.1) is 0 Å². The van der Waals surface area contributed by atoms with Gasteiger partial charge in [0.15, 0.2) is 0 Å². The van der Waals surface area contributed by atoms with Crippen molar-refractivity contribution in [2.45, 2.75) is 31.2 Å². The highest BCUT2D eigenvalue weighted by Crippen LogP contribution is 2.33. The fraction of sp³-hybridized carbons (Fsp3) is 0.364. The number of nitrogens with one attached hydrogen (secondary N) is 2. The molecule has 144 valence electrons. The van der Waals surface area contributed by atoms with Crippen molar-refractivity contribution in [2.24, 2.45) is 0 Å². The molecule has 0 aliphatic carbocycles. The highest BCUT2D eigenvalue weighted by atomic mass is 32.1. The molecule has 2 aliphatic rings. The highest BCUT2D eigenvalue weighted by Gasteiger charge is 2.24. The molecule has 0 saturated carbocycles. The number of carbonyl (C=O) groups excluding carboxylic acids is 1. The van der Waals surface area contributed by atoms with Gasteiger partial charge in [-0.3, -0.25) is 4.79 Å². The number of nitrogens with zero attached hydrogens (tertiary/aromatic N) is 1. The van der Waals surface area contributed by atoms with Gasteiger partial charge in [0.1, 0.15) is 5.75 Å². The summed E-state index contributed by atoms with van der Waals surface area (Å²) in [4.78, 5) is 17.7. The van der Waals surface area contributed by atoms with Gasteiger partial charge in [0, 0.05) is 30.0 Å². The van der Waals surface area contributed by atoms with Gasteiger partial charge >= 0.3 is 0 Å². The Hall–Kier alpha value is -2.44. The number of aromatic nitrogens is 1. The molecule has 5 rings (SSSR count). The van der Waals surface area contributed by atoms with E-state index in [-0.39, 0.29) is 11.9 Å². The molecule has 1 amide bonds. The number of hydrogen-bond donors (Lipinski definition) is 2. The summed E-state index contributed by atoms with van der Waals surface area (Å²) in [5, 5.41) is 7.81. The Morgan fingerprint density at radius 2 is 2.14 bits per heavy atom. The zero-order valence-corrected chi connectivity index (χ0v) is 16.4. The van der Waals surface area contributed by atoms with Gasteiger partial charge in [-0.15, -0.1) is 11.3 Å². The molecule has 2 aromatic carbocycles. The first kappa shape index (κ1) is 17.6. The first-order valence-corrected chi connectivity index (χ1v) is 10.7. The topological polar surface area (TPSA) is 63.2 Å². The van der Waals surface area contributed by atoms with Gasteiger partial charge in [-0.1, -0.05) is 18.2 Å². The van der Waals surface area contributed by atoms with Crippen molar-refractivity contribution < 1.29 is 9.53 Å². The number of rotatable bonds is 3. The summed E-state index contributed by atoms with van der Waals surface area (Å²) >= 11 is 1.72. The van der Waals surface area contributed by atoms with E-state index in [0.29, 0.717) is 18.1 Å². The Kier molecular flexibility index (Phi) is 4.74. The summed E-state index contributed by atoms with van der Waals surface area (Å²) in [6, 6.07) is 13.7. The molecule has 1 saturated heterocycles. The van der Waals surface area contributed by atoms with Crippen LogP contribution < -0.4 is 15.4 Å². The average Bonchev–Trinajstić information content (AvgIpc) is 3.18. The van der Waals surface area contributed by atoms with Gasteiger partial charge in [-0.2, -0.15) is 0 Å². The number of amides is 1. The van der Waals surface area contributed by atoms with Crippen LogP contribution in [0.2, 0.25) is 0 Å². The number of carbonyl (C=O) groups is 1. The Balaban J connectivity index is 1.36. The van der Waals surface area contributed by atoms with Crippen LogP contribution in [0.1, 0.15) is 52.2 Å². The second-order valence-corrected chi connectivity index (χ2v) is 8.54. The third-order valence-electron chi connectivity index (χ3n) is 5.58. The Bertz CT molecular complexity index is 1010. The summed E-state index contributed by atoms with van der Waals surface area (Å²) in [6.45, 7) is 2.71. The van der Waals surface area contributed by atoms with E-state index in [9.17, 15) is 4.79 Å². The molecule has 1 fully saturated rings. The van der Waals surface area contributed by atoms with Gasteiger partial charge in [-0.05, 0) is 43.7 Å². The van der Waals surface area contributed by atoms with Gasteiger partial charge in [0.05, 0.1) is 27.9 Å². The van der Waals surface area contributed by atoms with E-state index in [0.717, 1.165) is 41.0 Å². The number of ether oxygens (including phenoxy) is 1. The van der Waals surface area contributed by atoms with Gasteiger partial charge in [0.2, 0.25) is 0 Å². The lowest BCUT2D eigenvalue weighted by atomic mass is 10.00. The Morgan fingerprint density at radius 1 is 1.21 bits per heavy atom. The molecule has 2 atom stereocenters. The smallest absolute Gasteiger partial charge is 0.251 e. The van der Waals surface area contributed by atoms with E-state index in [2.05, 4.69) is 10.6 Å². The largest absolute Gasteiger partial charge is 0.493 e. The maximum atomic E-state index is 12.9. The molecule has 2 N–H and O–H groups in total. The molecule has 28 heavy (non-hydrogen) atoms. The quantitative estimate of drug-likeness (QED) is 0.706. The summed E-state index contributed by atoms with van der Waals surface area (Å²) in [5.41, 5.74) is 2.72. The minimum absolute atomic E-state index is 0.0153. The second kappa shape index (κ2) is 7.53. The highest BCUT2D eigenvalue weighted by molar-refractivity contribution is 7.18. The molecule has 5 nitrogen and oxygen atoms in total. The summed E-state index contributed by atoms with van der Waals surface area (Å²) in [7, 11) is 0. The zero-order chi connectivity index (χ0) is 18.9. The Morgan fingerprint density at radius 3 is 3.04 bits per heavy atom. The first-order valence-electron chi connectivity index (χ1n) is 9.92. The van der Waals surface area contributed by atoms with Crippen molar-refractivity contribution in [3.05, 3.63) is 58.6 Å². The fourth-order valence-corrected chi connectivity index (χ4v) is 5.20. The van der Waals surface area contributed by atoms with E-state index in [1.807, 2.05) is 42.5 Å². The van der Waals surface area contributed by atoms with Crippen LogP contribution >= 0.6 is 11.3 Å².